The van der Waals surface area contributed by atoms with E-state index in [4.69, 9.17) is 16.6 Å². The highest BCUT2D eigenvalue weighted by Gasteiger charge is 2.40. The highest BCUT2D eigenvalue weighted by Crippen LogP contribution is 2.44. The van der Waals surface area contributed by atoms with Gasteiger partial charge in [0.1, 0.15) is 12.3 Å². The molecule has 0 amide bonds. The van der Waals surface area contributed by atoms with Gasteiger partial charge in [0.2, 0.25) is 5.95 Å². The fourth-order valence-corrected chi connectivity index (χ4v) is 6.05. The van der Waals surface area contributed by atoms with E-state index in [0.29, 0.717) is 41.5 Å². The van der Waals surface area contributed by atoms with Crippen LogP contribution in [0.3, 0.4) is 0 Å². The van der Waals surface area contributed by atoms with Gasteiger partial charge in [-0.1, -0.05) is 31.5 Å². The Bertz CT molecular complexity index is 1420. The summed E-state index contributed by atoms with van der Waals surface area (Å²) < 4.78 is 0. The maximum absolute atomic E-state index is 11.2. The van der Waals surface area contributed by atoms with Crippen LogP contribution in [0.1, 0.15) is 49.3 Å². The van der Waals surface area contributed by atoms with E-state index in [1.165, 1.54) is 13.0 Å². The van der Waals surface area contributed by atoms with Gasteiger partial charge in [-0.05, 0) is 79.9 Å². The predicted octanol–water partition coefficient (Wildman–Crippen LogP) is 4.49. The van der Waals surface area contributed by atoms with Crippen molar-refractivity contribution in [1.82, 2.24) is 14.9 Å². The monoisotopic (exact) mass is 541 g/mol. The van der Waals surface area contributed by atoms with Gasteiger partial charge in [0.15, 0.2) is 0 Å². The minimum Gasteiger partial charge on any atom is -0.410 e. The van der Waals surface area contributed by atoms with Crippen molar-refractivity contribution in [2.45, 2.75) is 38.0 Å². The lowest BCUT2D eigenvalue weighted by atomic mass is 9.83. The van der Waals surface area contributed by atoms with Crippen molar-refractivity contribution < 1.29 is 9.90 Å². The van der Waals surface area contributed by atoms with Crippen LogP contribution in [-0.4, -0.2) is 66.4 Å². The summed E-state index contributed by atoms with van der Waals surface area (Å²) in [7, 11) is 1.40. The third-order valence-electron chi connectivity index (χ3n) is 7.96. The first-order valence-electron chi connectivity index (χ1n) is 13.3. The molecule has 1 aromatic heterocycles. The molecule has 199 valence electrons. The third kappa shape index (κ3) is 5.37. The number of aliphatic hydroxyl groups excluding tert-OH is 1. The van der Waals surface area contributed by atoms with Crippen LogP contribution in [0, 0.1) is 11.3 Å². The number of hydrogen-bond donors (Lipinski definition) is 2. The molecule has 2 aromatic carbocycles. The molecule has 1 radical (unpaired) electrons. The van der Waals surface area contributed by atoms with Crippen LogP contribution in [0.4, 0.5) is 17.3 Å². The second kappa shape index (κ2) is 11.3. The topological polar surface area (TPSA) is 105 Å². The minimum absolute atomic E-state index is 0.122. The second-order valence-electron chi connectivity index (χ2n) is 10.5. The quantitative estimate of drug-likeness (QED) is 0.317. The lowest BCUT2D eigenvalue weighted by Gasteiger charge is -2.31. The summed E-state index contributed by atoms with van der Waals surface area (Å²) in [4.78, 5) is 24.5. The molecule has 1 atom stereocenters. The van der Waals surface area contributed by atoms with Crippen molar-refractivity contribution in [2.75, 3.05) is 42.9 Å². The molecule has 0 saturated carbocycles. The van der Waals surface area contributed by atoms with Crippen LogP contribution in [0.2, 0.25) is 5.02 Å². The lowest BCUT2D eigenvalue weighted by molar-refractivity contribution is 0.217. The molecule has 39 heavy (non-hydrogen) atoms. The Morgan fingerprint density at radius 3 is 2.74 bits per heavy atom. The van der Waals surface area contributed by atoms with E-state index >= 15 is 0 Å². The number of fused-ring (bicyclic) bond motifs is 1. The molecule has 3 heterocycles. The molecular weight excluding hydrogens is 511 g/mol. The second-order valence-corrected chi connectivity index (χ2v) is 10.9. The molecule has 2 aliphatic heterocycles. The zero-order valence-corrected chi connectivity index (χ0v) is 22.9. The number of benzene rings is 2. The highest BCUT2D eigenvalue weighted by atomic mass is 35.5. The first-order chi connectivity index (χ1) is 18.9. The molecule has 3 aromatic rings. The van der Waals surface area contributed by atoms with Gasteiger partial charge >= 0.3 is 7.41 Å². The number of aliphatic hydroxyl groups is 1. The van der Waals surface area contributed by atoms with Crippen LogP contribution >= 0.6 is 11.6 Å². The summed E-state index contributed by atoms with van der Waals surface area (Å²) in [6, 6.07) is 13.8. The van der Waals surface area contributed by atoms with Gasteiger partial charge in [-0.2, -0.15) is 5.26 Å². The van der Waals surface area contributed by atoms with E-state index in [-0.39, 0.29) is 6.61 Å². The Hall–Kier alpha value is -3.45. The summed E-state index contributed by atoms with van der Waals surface area (Å²) >= 11 is 6.71. The number of likely N-dealkylation sites (tertiary alicyclic amines) is 1. The van der Waals surface area contributed by atoms with Gasteiger partial charge in [0, 0.05) is 40.1 Å². The van der Waals surface area contributed by atoms with E-state index in [1.54, 1.807) is 23.1 Å². The van der Waals surface area contributed by atoms with Crippen molar-refractivity contribution in [3.05, 3.63) is 64.3 Å². The Morgan fingerprint density at radius 1 is 1.28 bits per heavy atom. The summed E-state index contributed by atoms with van der Waals surface area (Å²) in [6.07, 6.45) is 4.58. The zero-order chi connectivity index (χ0) is 27.6. The number of hydrogen-bond acceptors (Lipinski definition) is 8. The molecule has 0 aliphatic carbocycles. The van der Waals surface area contributed by atoms with E-state index < -0.39 is 5.41 Å². The molecule has 5 rings (SSSR count). The maximum Gasteiger partial charge on any atom is 0.329 e. The number of anilines is 3. The standard InChI is InChI=1S/C29H31BClN6O2/c1-3-36-10-7-19(8-11-36)23-5-4-22(14-25(23)31)34-28-33-9-6-26(35-28)20-12-21(15-32)27-24(13-20)29(2,17-38)16-37(27)30-18-39/h4-6,9,12-14,18-19,38H,3,7-8,10-11,16-17H2,1-2H3,(H,33,34,35). The van der Waals surface area contributed by atoms with E-state index in [9.17, 15) is 15.2 Å². The number of aromatic nitrogens is 2. The van der Waals surface area contributed by atoms with Crippen molar-refractivity contribution in [2.24, 2.45) is 0 Å². The molecule has 1 saturated heterocycles. The van der Waals surface area contributed by atoms with Gasteiger partial charge in [0.05, 0.1) is 17.9 Å². The molecule has 0 bridgehead atoms. The van der Waals surface area contributed by atoms with Gasteiger partial charge in [-0.15, -0.1) is 0 Å². The van der Waals surface area contributed by atoms with Gasteiger partial charge < -0.3 is 24.9 Å². The number of carbonyl (C=O) groups is 1. The van der Waals surface area contributed by atoms with Crippen molar-refractivity contribution in [3.8, 4) is 17.3 Å². The molecule has 0 spiro atoms. The Morgan fingerprint density at radius 2 is 2.08 bits per heavy atom. The van der Waals surface area contributed by atoms with Crippen LogP contribution in [-0.2, 0) is 10.2 Å². The fourth-order valence-electron chi connectivity index (χ4n) is 5.72. The Balaban J connectivity index is 1.40. The van der Waals surface area contributed by atoms with Gasteiger partial charge in [-0.25, -0.2) is 9.97 Å². The van der Waals surface area contributed by atoms with Crippen molar-refractivity contribution >= 4 is 42.5 Å². The summed E-state index contributed by atoms with van der Waals surface area (Å²) in [6.45, 7) is 7.68. The average Bonchev–Trinajstić information content (AvgIpc) is 3.25. The minimum atomic E-state index is -0.629. The first-order valence-corrected chi connectivity index (χ1v) is 13.6. The molecule has 10 heteroatoms. The average molecular weight is 542 g/mol. The number of nitrogens with zero attached hydrogens (tertiary/aromatic N) is 5. The number of piperidine rings is 1. The van der Waals surface area contributed by atoms with Crippen molar-refractivity contribution in [1.29, 1.82) is 5.26 Å². The van der Waals surface area contributed by atoms with Crippen LogP contribution < -0.4 is 10.1 Å². The normalized spacial score (nSPS) is 19.4. The molecule has 8 nitrogen and oxygen atoms in total. The molecule has 1 fully saturated rings. The zero-order valence-electron chi connectivity index (χ0n) is 22.2. The molecular formula is C29H31BClN6O2. The van der Waals surface area contributed by atoms with E-state index in [2.05, 4.69) is 34.3 Å². The highest BCUT2D eigenvalue weighted by molar-refractivity contribution is 6.70. The summed E-state index contributed by atoms with van der Waals surface area (Å²) in [5.74, 6) is 0.875. The van der Waals surface area contributed by atoms with Crippen molar-refractivity contribution in [3.63, 3.8) is 0 Å². The van der Waals surface area contributed by atoms with Crippen LogP contribution in [0.25, 0.3) is 11.3 Å². The summed E-state index contributed by atoms with van der Waals surface area (Å²) in [5, 5.41) is 24.1. The lowest BCUT2D eigenvalue weighted by Crippen LogP contribution is -2.36. The molecule has 2 aliphatic rings. The Kier molecular flexibility index (Phi) is 7.89. The van der Waals surface area contributed by atoms with E-state index in [0.717, 1.165) is 54.3 Å². The smallest absolute Gasteiger partial charge is 0.329 e. The molecule has 1 unspecified atom stereocenters. The number of nitrogens with one attached hydrogen (secondary N) is 1. The van der Waals surface area contributed by atoms with E-state index in [1.807, 2.05) is 25.1 Å². The number of halogens is 1. The first kappa shape index (κ1) is 27.1. The number of carbonyl (C=O) groups excluding carboxylic acids is 1. The van der Waals surface area contributed by atoms with Gasteiger partial charge in [-0.3, -0.25) is 0 Å². The number of nitriles is 1. The van der Waals surface area contributed by atoms with Crippen LogP contribution in [0.5, 0.6) is 0 Å². The SMILES string of the molecule is CCN1CCC(c2ccc(Nc3nccc(-c4cc(C#N)c5c(c4)C(C)(CO)CN5[B]C=O)n3)cc2Cl)CC1. The fraction of sp³-hybridized carbons (Fsp3) is 0.379. The third-order valence-corrected chi connectivity index (χ3v) is 8.29. The predicted molar refractivity (Wildman–Crippen MR) is 155 cm³/mol. The summed E-state index contributed by atoms with van der Waals surface area (Å²) in [5.41, 5.74) is 4.58. The largest absolute Gasteiger partial charge is 0.410 e. The van der Waals surface area contributed by atoms with Crippen LogP contribution in [0.15, 0.2) is 42.6 Å². The maximum atomic E-state index is 11.2. The number of rotatable bonds is 8. The van der Waals surface area contributed by atoms with Gasteiger partial charge in [0.25, 0.3) is 0 Å². The Labute approximate surface area is 234 Å². The molecule has 2 N–H and O–H groups in total.